The molecule has 210 valence electrons. The second kappa shape index (κ2) is 9.61. The number of morpholine rings is 1. The van der Waals surface area contributed by atoms with E-state index in [4.69, 9.17) is 29.5 Å². The van der Waals surface area contributed by atoms with Crippen LogP contribution in [0.15, 0.2) is 36.8 Å². The molecule has 5 aromatic rings. The number of thiazole rings is 1. The number of aromatic nitrogens is 6. The van der Waals surface area contributed by atoms with Gasteiger partial charge in [0.2, 0.25) is 0 Å². The molecule has 0 radical (unpaired) electrons. The number of rotatable bonds is 5. The Morgan fingerprint density at radius 2 is 1.93 bits per heavy atom. The molecule has 8 heterocycles. The highest BCUT2D eigenvalue weighted by molar-refractivity contribution is 7.22. The quantitative estimate of drug-likeness (QED) is 0.313. The van der Waals surface area contributed by atoms with Crippen LogP contribution in [0.25, 0.3) is 38.2 Å². The predicted octanol–water partition coefficient (Wildman–Crippen LogP) is 3.53. The normalized spacial score (nSPS) is 21.0. The maximum atomic E-state index is 5.67. The summed E-state index contributed by atoms with van der Waals surface area (Å²) in [5, 5.41) is 6.88. The number of anilines is 2. The first-order valence-corrected chi connectivity index (χ1v) is 14.8. The first-order valence-electron chi connectivity index (χ1n) is 14.0. The lowest BCUT2D eigenvalue weighted by atomic mass is 10.1. The third-order valence-electron chi connectivity index (χ3n) is 8.66. The third kappa shape index (κ3) is 4.03. The van der Waals surface area contributed by atoms with Crippen LogP contribution in [-0.4, -0.2) is 100 Å². The van der Waals surface area contributed by atoms with Crippen molar-refractivity contribution in [1.82, 2.24) is 34.6 Å². The van der Waals surface area contributed by atoms with Crippen molar-refractivity contribution in [3.05, 3.63) is 42.5 Å². The van der Waals surface area contributed by atoms with Gasteiger partial charge < -0.3 is 19.3 Å². The molecular weight excluding hydrogens is 538 g/mol. The Morgan fingerprint density at radius 1 is 1.05 bits per heavy atom. The van der Waals surface area contributed by atoms with E-state index >= 15 is 0 Å². The van der Waals surface area contributed by atoms with Crippen LogP contribution in [0.5, 0.6) is 5.75 Å². The van der Waals surface area contributed by atoms with Crippen LogP contribution in [0, 0.1) is 6.92 Å². The smallest absolute Gasteiger partial charge is 0.186 e. The van der Waals surface area contributed by atoms with E-state index in [2.05, 4.69) is 32.8 Å². The van der Waals surface area contributed by atoms with Crippen molar-refractivity contribution in [2.24, 2.45) is 0 Å². The number of aryl methyl sites for hydroxylation is 1. The first kappa shape index (κ1) is 24.9. The van der Waals surface area contributed by atoms with Gasteiger partial charge in [-0.3, -0.25) is 14.9 Å². The summed E-state index contributed by atoms with van der Waals surface area (Å²) in [5.41, 5.74) is 4.40. The fraction of sp³-hybridized carbons (Fsp3) is 0.414. The van der Waals surface area contributed by atoms with Gasteiger partial charge in [0.25, 0.3) is 0 Å². The van der Waals surface area contributed by atoms with Gasteiger partial charge in [-0.1, -0.05) is 11.3 Å². The maximum Gasteiger partial charge on any atom is 0.186 e. The molecule has 3 saturated heterocycles. The minimum atomic E-state index is 0.526. The Hall–Kier alpha value is -3.87. The average molecular weight is 570 g/mol. The second-order valence-electron chi connectivity index (χ2n) is 11.0. The molecule has 0 aromatic carbocycles. The van der Waals surface area contributed by atoms with E-state index in [1.54, 1.807) is 30.8 Å². The van der Waals surface area contributed by atoms with E-state index in [1.807, 2.05) is 29.9 Å². The molecule has 0 saturated carbocycles. The fourth-order valence-corrected chi connectivity index (χ4v) is 7.54. The van der Waals surface area contributed by atoms with Crippen LogP contribution in [0.3, 0.4) is 0 Å². The molecule has 5 aromatic heterocycles. The van der Waals surface area contributed by atoms with Gasteiger partial charge >= 0.3 is 0 Å². The van der Waals surface area contributed by atoms with Crippen LogP contribution >= 0.6 is 11.3 Å². The highest BCUT2D eigenvalue weighted by Crippen LogP contribution is 2.41. The van der Waals surface area contributed by atoms with Gasteiger partial charge in [-0.25, -0.2) is 14.6 Å². The molecule has 3 aliphatic heterocycles. The van der Waals surface area contributed by atoms with E-state index in [-0.39, 0.29) is 0 Å². The molecule has 0 amide bonds. The molecule has 0 spiro atoms. The van der Waals surface area contributed by atoms with Gasteiger partial charge in [0.15, 0.2) is 16.8 Å². The molecule has 11 nitrogen and oxygen atoms in total. The maximum absolute atomic E-state index is 5.67. The molecule has 2 bridgehead atoms. The van der Waals surface area contributed by atoms with Crippen LogP contribution in [0.4, 0.5) is 10.9 Å². The van der Waals surface area contributed by atoms with E-state index in [0.717, 1.165) is 86.8 Å². The fourth-order valence-electron chi connectivity index (χ4n) is 6.47. The van der Waals surface area contributed by atoms with Crippen molar-refractivity contribution in [2.75, 3.05) is 63.4 Å². The van der Waals surface area contributed by atoms with Crippen LogP contribution in [0.1, 0.15) is 12.1 Å². The molecule has 3 aliphatic rings. The van der Waals surface area contributed by atoms with Crippen LogP contribution in [0.2, 0.25) is 0 Å². The Balaban J connectivity index is 1.28. The standard InChI is InChI=1S/C29H31N9O2S/c1-17-20-14-31-38(23(20)11-22(32-17)21-13-30-5-4-24(21)39-3)26-12-25-27(28(33-26)36-6-8-40-9-7-36)34-29(41-25)37-16-18-10-19(37)15-35(18)2/h4-5,11-14,18-19H,6-10,15-16H2,1-3H3/t18-,19-/m1/s1. The molecule has 12 heteroatoms. The van der Waals surface area contributed by atoms with Gasteiger partial charge in [0, 0.05) is 67.8 Å². The monoisotopic (exact) mass is 569 g/mol. The highest BCUT2D eigenvalue weighted by Gasteiger charge is 2.42. The molecule has 0 aliphatic carbocycles. The van der Waals surface area contributed by atoms with Gasteiger partial charge in [-0.05, 0) is 32.5 Å². The topological polar surface area (TPSA) is 97.6 Å². The summed E-state index contributed by atoms with van der Waals surface area (Å²) in [7, 11) is 3.89. The van der Waals surface area contributed by atoms with Crippen molar-refractivity contribution < 1.29 is 9.47 Å². The summed E-state index contributed by atoms with van der Waals surface area (Å²) in [6, 6.07) is 7.17. The number of likely N-dealkylation sites (N-methyl/N-ethyl adjacent to an activating group) is 1. The SMILES string of the molecule is COc1ccncc1-c1cc2c(cnn2-c2cc3sc(N4C[C@H]5C[C@@H]4CN5C)nc3c(N3CCOCC3)n2)c(C)n1. The van der Waals surface area contributed by atoms with Gasteiger partial charge in [-0.15, -0.1) is 0 Å². The number of likely N-dealkylation sites (tertiary alicyclic amines) is 1. The van der Waals surface area contributed by atoms with Crippen molar-refractivity contribution in [3.63, 3.8) is 0 Å². The summed E-state index contributed by atoms with van der Waals surface area (Å²) in [6.45, 7) is 7.06. The van der Waals surface area contributed by atoms with Gasteiger partial charge in [-0.2, -0.15) is 5.10 Å². The van der Waals surface area contributed by atoms with Crippen molar-refractivity contribution in [1.29, 1.82) is 0 Å². The lowest BCUT2D eigenvalue weighted by molar-refractivity contribution is 0.122. The minimum Gasteiger partial charge on any atom is -0.496 e. The van der Waals surface area contributed by atoms with E-state index < -0.39 is 0 Å². The largest absolute Gasteiger partial charge is 0.496 e. The number of piperazine rings is 1. The van der Waals surface area contributed by atoms with E-state index in [0.29, 0.717) is 25.3 Å². The van der Waals surface area contributed by atoms with Crippen molar-refractivity contribution in [2.45, 2.75) is 25.4 Å². The second-order valence-corrected chi connectivity index (χ2v) is 12.0. The van der Waals surface area contributed by atoms with Gasteiger partial charge in [0.1, 0.15) is 11.3 Å². The molecule has 3 fully saturated rings. The highest BCUT2D eigenvalue weighted by atomic mass is 32.1. The number of methoxy groups -OCH3 is 1. The zero-order chi connectivity index (χ0) is 27.7. The Morgan fingerprint density at radius 3 is 2.71 bits per heavy atom. The molecule has 41 heavy (non-hydrogen) atoms. The molecule has 0 N–H and O–H groups in total. The Kier molecular flexibility index (Phi) is 5.83. The van der Waals surface area contributed by atoms with Crippen molar-refractivity contribution in [3.8, 4) is 22.8 Å². The number of pyridine rings is 3. The summed E-state index contributed by atoms with van der Waals surface area (Å²) < 4.78 is 14.3. The summed E-state index contributed by atoms with van der Waals surface area (Å²) >= 11 is 1.76. The van der Waals surface area contributed by atoms with E-state index in [9.17, 15) is 0 Å². The number of hydrogen-bond donors (Lipinski definition) is 0. The molecular formula is C29H31N9O2S. The van der Waals surface area contributed by atoms with Crippen molar-refractivity contribution >= 4 is 43.4 Å². The van der Waals surface area contributed by atoms with Crippen LogP contribution < -0.4 is 14.5 Å². The third-order valence-corrected chi connectivity index (χ3v) is 9.70. The number of fused-ring (bicyclic) bond motifs is 4. The molecule has 8 rings (SSSR count). The lowest BCUT2D eigenvalue weighted by Gasteiger charge is -2.31. The number of ether oxygens (including phenoxy) is 2. The Labute approximate surface area is 241 Å². The first-order chi connectivity index (χ1) is 20.1. The zero-order valence-corrected chi connectivity index (χ0v) is 24.1. The number of nitrogens with zero attached hydrogens (tertiary/aromatic N) is 9. The summed E-state index contributed by atoms with van der Waals surface area (Å²) in [5.74, 6) is 2.39. The molecule has 2 atom stereocenters. The van der Waals surface area contributed by atoms with E-state index in [1.165, 1.54) is 6.42 Å². The van der Waals surface area contributed by atoms with Gasteiger partial charge in [0.05, 0.1) is 48.0 Å². The van der Waals surface area contributed by atoms with Crippen LogP contribution in [-0.2, 0) is 4.74 Å². The number of hydrogen-bond acceptors (Lipinski definition) is 11. The molecule has 0 unspecified atom stereocenters. The minimum absolute atomic E-state index is 0.526. The average Bonchev–Trinajstić information content (AvgIpc) is 3.79. The predicted molar refractivity (Wildman–Crippen MR) is 160 cm³/mol. The zero-order valence-electron chi connectivity index (χ0n) is 23.3. The summed E-state index contributed by atoms with van der Waals surface area (Å²) in [6.07, 6.45) is 6.59. The Bertz CT molecular complexity index is 1780. The lowest BCUT2D eigenvalue weighted by Crippen LogP contribution is -2.44. The summed E-state index contributed by atoms with van der Waals surface area (Å²) in [4.78, 5) is 26.9.